The van der Waals surface area contributed by atoms with Gasteiger partial charge in [-0.1, -0.05) is 37.6 Å². The molecule has 3 aliphatic heterocycles. The molecule has 2 saturated heterocycles. The van der Waals surface area contributed by atoms with Gasteiger partial charge in [-0.3, -0.25) is 9.59 Å². The Hall–Kier alpha value is -1.62. The third-order valence-corrected chi connectivity index (χ3v) is 7.42. The molecule has 1 N–H and O–H groups in total. The molecule has 24 heavy (non-hydrogen) atoms. The summed E-state index contributed by atoms with van der Waals surface area (Å²) < 4.78 is 5.95. The van der Waals surface area contributed by atoms with Crippen LogP contribution in [0.25, 0.3) is 0 Å². The topological polar surface area (TPSA) is 66.8 Å². The summed E-state index contributed by atoms with van der Waals surface area (Å²) in [5.41, 5.74) is 0.981. The first-order valence-corrected chi connectivity index (χ1v) is 8.91. The van der Waals surface area contributed by atoms with Crippen LogP contribution < -0.4 is 0 Å². The number of ether oxygens (including phenoxy) is 1. The summed E-state index contributed by atoms with van der Waals surface area (Å²) in [5, 5.41) is 9.53. The van der Waals surface area contributed by atoms with Crippen LogP contribution in [-0.4, -0.2) is 46.7 Å². The Kier molecular flexibility index (Phi) is 2.64. The molecule has 6 rings (SSSR count). The van der Waals surface area contributed by atoms with Crippen molar-refractivity contribution in [3.63, 3.8) is 0 Å². The molecule has 0 aromatic heterocycles. The molecule has 1 amide bonds. The number of carboxylic acids is 1. The monoisotopic (exact) mass is 329 g/mol. The first kappa shape index (κ1) is 14.7. The highest BCUT2D eigenvalue weighted by molar-refractivity contribution is 5.90. The molecule has 3 fully saturated rings. The molecule has 6 atom stereocenters. The summed E-state index contributed by atoms with van der Waals surface area (Å²) in [4.78, 5) is 26.4. The van der Waals surface area contributed by atoms with Crippen molar-refractivity contribution in [1.82, 2.24) is 4.90 Å². The lowest BCUT2D eigenvalue weighted by atomic mass is 9.49. The highest BCUT2D eigenvalue weighted by Gasteiger charge is 2.67. The van der Waals surface area contributed by atoms with E-state index in [0.29, 0.717) is 24.4 Å². The van der Waals surface area contributed by atoms with E-state index >= 15 is 0 Å². The van der Waals surface area contributed by atoms with Crippen molar-refractivity contribution in [1.29, 1.82) is 0 Å². The number of carbonyl (C=O) groups excluding carboxylic acids is 1. The summed E-state index contributed by atoms with van der Waals surface area (Å²) in [7, 11) is 0. The van der Waals surface area contributed by atoms with Crippen LogP contribution in [0.1, 0.15) is 26.7 Å². The average Bonchev–Trinajstić information content (AvgIpc) is 3.16. The number of rotatable bonds is 3. The van der Waals surface area contributed by atoms with Crippen molar-refractivity contribution in [2.75, 3.05) is 13.1 Å². The average molecular weight is 329 g/mol. The lowest BCUT2D eigenvalue weighted by Crippen LogP contribution is -2.50. The molecule has 1 saturated carbocycles. The van der Waals surface area contributed by atoms with Gasteiger partial charge in [-0.15, -0.1) is 0 Å². The lowest BCUT2D eigenvalue weighted by Gasteiger charge is -2.56. The molecule has 3 aliphatic carbocycles. The highest BCUT2D eigenvalue weighted by Crippen LogP contribution is 2.60. The fourth-order valence-corrected chi connectivity index (χ4v) is 5.87. The summed E-state index contributed by atoms with van der Waals surface area (Å²) in [6.45, 7) is 5.77. The fraction of sp³-hybridized carbons (Fsp3) is 0.684. The van der Waals surface area contributed by atoms with Crippen molar-refractivity contribution < 1.29 is 19.4 Å². The highest BCUT2D eigenvalue weighted by atomic mass is 16.5. The fourth-order valence-electron chi connectivity index (χ4n) is 5.87. The Balaban J connectivity index is 1.40. The summed E-state index contributed by atoms with van der Waals surface area (Å²) in [5.74, 6) is -0.934. The van der Waals surface area contributed by atoms with E-state index in [0.717, 1.165) is 12.3 Å². The van der Waals surface area contributed by atoms with Gasteiger partial charge < -0.3 is 14.7 Å². The first-order chi connectivity index (χ1) is 11.3. The van der Waals surface area contributed by atoms with Gasteiger partial charge in [0.05, 0.1) is 18.6 Å². The molecule has 1 spiro atoms. The maximum atomic E-state index is 13.0. The molecule has 0 unspecified atom stereocenters. The van der Waals surface area contributed by atoms with E-state index < -0.39 is 29.5 Å². The van der Waals surface area contributed by atoms with Crippen molar-refractivity contribution >= 4 is 11.9 Å². The minimum absolute atomic E-state index is 0.0468. The van der Waals surface area contributed by atoms with Crippen LogP contribution in [0, 0.1) is 29.1 Å². The molecule has 0 aromatic rings. The molecular weight excluding hydrogens is 306 g/mol. The van der Waals surface area contributed by atoms with Crippen LogP contribution in [-0.2, 0) is 14.3 Å². The lowest BCUT2D eigenvalue weighted by molar-refractivity contribution is -0.148. The van der Waals surface area contributed by atoms with Crippen LogP contribution in [0.2, 0.25) is 0 Å². The number of amides is 1. The second-order valence-electron chi connectivity index (χ2n) is 8.75. The SMILES string of the molecule is CC1(C)[C@H]2CC=C(CN3C[C@@]45C=C[C@@H](O4)[C@@H](C(=O)O)[C@H]5C3=O)[C@@H]1C2. The number of nitrogens with zero attached hydrogens (tertiary/aromatic N) is 1. The Morgan fingerprint density at radius 2 is 2.25 bits per heavy atom. The summed E-state index contributed by atoms with van der Waals surface area (Å²) in [6, 6.07) is 0. The third kappa shape index (κ3) is 1.59. The molecule has 5 nitrogen and oxygen atoms in total. The quantitative estimate of drug-likeness (QED) is 0.803. The van der Waals surface area contributed by atoms with Gasteiger partial charge in [0.2, 0.25) is 5.91 Å². The zero-order valence-electron chi connectivity index (χ0n) is 14.1. The van der Waals surface area contributed by atoms with Crippen molar-refractivity contribution in [3.05, 3.63) is 23.8 Å². The number of aliphatic carboxylic acids is 1. The summed E-state index contributed by atoms with van der Waals surface area (Å²) >= 11 is 0. The second-order valence-corrected chi connectivity index (χ2v) is 8.75. The van der Waals surface area contributed by atoms with E-state index in [9.17, 15) is 14.7 Å². The predicted molar refractivity (Wildman–Crippen MR) is 86.0 cm³/mol. The van der Waals surface area contributed by atoms with E-state index in [-0.39, 0.29) is 5.91 Å². The predicted octanol–water partition coefficient (Wildman–Crippen LogP) is 1.85. The van der Waals surface area contributed by atoms with Gasteiger partial charge in [0.15, 0.2) is 0 Å². The molecular formula is C19H23NO4. The summed E-state index contributed by atoms with van der Waals surface area (Å²) in [6.07, 6.45) is 7.95. The van der Waals surface area contributed by atoms with Crippen LogP contribution in [0.4, 0.5) is 0 Å². The minimum Gasteiger partial charge on any atom is -0.481 e. The van der Waals surface area contributed by atoms with Crippen LogP contribution in [0.3, 0.4) is 0 Å². The zero-order valence-corrected chi connectivity index (χ0v) is 14.1. The number of allylic oxidation sites excluding steroid dienone is 1. The Morgan fingerprint density at radius 1 is 1.46 bits per heavy atom. The van der Waals surface area contributed by atoms with Crippen molar-refractivity contribution in [2.24, 2.45) is 29.1 Å². The normalized spacial score (nSPS) is 46.8. The Morgan fingerprint density at radius 3 is 2.92 bits per heavy atom. The standard InChI is InChI=1S/C19H23NO4/c1-18(2)11-4-3-10(12(18)7-11)8-20-9-19-6-5-13(24-19)14(17(22)23)15(19)16(20)21/h3,5-6,11-15H,4,7-9H2,1-2H3,(H,22,23)/t11-,12-,13+,14+,15-,19+/m0/s1. The van der Waals surface area contributed by atoms with Gasteiger partial charge in [0.1, 0.15) is 11.5 Å². The van der Waals surface area contributed by atoms with E-state index in [1.165, 1.54) is 12.0 Å². The van der Waals surface area contributed by atoms with E-state index in [1.807, 2.05) is 17.1 Å². The van der Waals surface area contributed by atoms with Crippen LogP contribution in [0.15, 0.2) is 23.8 Å². The largest absolute Gasteiger partial charge is 0.481 e. The van der Waals surface area contributed by atoms with E-state index in [4.69, 9.17) is 4.74 Å². The smallest absolute Gasteiger partial charge is 0.310 e. The van der Waals surface area contributed by atoms with Gasteiger partial charge in [0, 0.05) is 6.54 Å². The van der Waals surface area contributed by atoms with Gasteiger partial charge in [-0.2, -0.15) is 0 Å². The molecule has 6 aliphatic rings. The number of fused-ring (bicyclic) bond motifs is 2. The number of carboxylic acid groups (broad SMARTS) is 1. The molecule has 0 aromatic carbocycles. The van der Waals surface area contributed by atoms with Gasteiger partial charge >= 0.3 is 5.97 Å². The number of hydrogen-bond donors (Lipinski definition) is 1. The third-order valence-electron chi connectivity index (χ3n) is 7.42. The maximum absolute atomic E-state index is 13.0. The molecule has 5 heteroatoms. The van der Waals surface area contributed by atoms with Crippen LogP contribution >= 0.6 is 0 Å². The van der Waals surface area contributed by atoms with Crippen molar-refractivity contribution in [2.45, 2.75) is 38.4 Å². The second kappa shape index (κ2) is 4.31. The molecule has 128 valence electrons. The molecule has 3 heterocycles. The maximum Gasteiger partial charge on any atom is 0.310 e. The van der Waals surface area contributed by atoms with Crippen molar-refractivity contribution in [3.8, 4) is 0 Å². The Bertz CT molecular complexity index is 708. The van der Waals surface area contributed by atoms with Gasteiger partial charge in [-0.25, -0.2) is 0 Å². The zero-order chi connectivity index (χ0) is 16.9. The number of hydrogen-bond acceptors (Lipinski definition) is 3. The van der Waals surface area contributed by atoms with E-state index in [1.54, 1.807) is 0 Å². The first-order valence-electron chi connectivity index (χ1n) is 8.91. The van der Waals surface area contributed by atoms with Gasteiger partial charge in [0.25, 0.3) is 0 Å². The van der Waals surface area contributed by atoms with Gasteiger partial charge in [-0.05, 0) is 30.1 Å². The number of carbonyl (C=O) groups is 2. The minimum atomic E-state index is -0.925. The van der Waals surface area contributed by atoms with E-state index in [2.05, 4.69) is 19.9 Å². The van der Waals surface area contributed by atoms with Crippen LogP contribution in [0.5, 0.6) is 0 Å². The molecule has 4 bridgehead atoms. The molecule has 0 radical (unpaired) electrons. The Labute approximate surface area is 141 Å². The number of likely N-dealkylation sites (tertiary alicyclic amines) is 1.